The third kappa shape index (κ3) is 4.21. The molecule has 0 saturated heterocycles. The molecule has 0 aliphatic carbocycles. The van der Waals surface area contributed by atoms with Gasteiger partial charge in [0.25, 0.3) is 0 Å². The molecule has 3 heterocycles. The number of carboxylic acid groups (broad SMARTS) is 1. The van der Waals surface area contributed by atoms with Gasteiger partial charge in [0, 0.05) is 41.4 Å². The second-order valence-corrected chi connectivity index (χ2v) is 9.19. The predicted molar refractivity (Wildman–Crippen MR) is 147 cm³/mol. The average Bonchev–Trinajstić information content (AvgIpc) is 3.36. The largest absolute Gasteiger partial charge is 0.478 e. The van der Waals surface area contributed by atoms with Crippen molar-refractivity contribution in [3.05, 3.63) is 114 Å². The van der Waals surface area contributed by atoms with Gasteiger partial charge in [0.2, 0.25) is 0 Å². The van der Waals surface area contributed by atoms with E-state index in [0.29, 0.717) is 29.6 Å². The van der Waals surface area contributed by atoms with Gasteiger partial charge in [0.15, 0.2) is 0 Å². The minimum atomic E-state index is -0.922. The zero-order chi connectivity index (χ0) is 25.4. The van der Waals surface area contributed by atoms with Crippen molar-refractivity contribution in [3.63, 3.8) is 0 Å². The van der Waals surface area contributed by atoms with Gasteiger partial charge in [-0.25, -0.2) is 14.5 Å². The number of para-hydroxylation sites is 2. The number of pyridine rings is 1. The van der Waals surface area contributed by atoms with E-state index < -0.39 is 5.97 Å². The first-order valence-electron chi connectivity index (χ1n) is 12.4. The standard InChI is InChI=1S/C31H26N4O2/c1-2-34-18-22(30-26(20-34)28(31(36)37)25-15-9-10-16-27(25)32-30)17-23-19-35(24-13-7-4-8-14-24)33-29(23)21-11-5-3-6-12-21/h3-17,19H,2,18,20H2,1H3,(H,36,37)/b22-17-. The van der Waals surface area contributed by atoms with E-state index in [0.717, 1.165) is 45.9 Å². The highest BCUT2D eigenvalue weighted by Crippen LogP contribution is 2.35. The van der Waals surface area contributed by atoms with E-state index in [2.05, 4.69) is 30.0 Å². The van der Waals surface area contributed by atoms with E-state index in [9.17, 15) is 9.90 Å². The van der Waals surface area contributed by atoms with Crippen molar-refractivity contribution in [2.24, 2.45) is 0 Å². The van der Waals surface area contributed by atoms with Crippen LogP contribution in [-0.4, -0.2) is 43.8 Å². The number of likely N-dealkylation sites (N-methyl/N-ethyl adjacent to an activating group) is 1. The molecule has 6 nitrogen and oxygen atoms in total. The molecule has 0 saturated carbocycles. The highest BCUT2D eigenvalue weighted by Gasteiger charge is 2.28. The molecule has 0 amide bonds. The van der Waals surface area contributed by atoms with Gasteiger partial charge in [0.1, 0.15) is 0 Å². The summed E-state index contributed by atoms with van der Waals surface area (Å²) in [6.45, 7) is 4.13. The second kappa shape index (κ2) is 9.48. The Morgan fingerprint density at radius 3 is 2.35 bits per heavy atom. The highest BCUT2D eigenvalue weighted by atomic mass is 16.4. The molecule has 0 spiro atoms. The van der Waals surface area contributed by atoms with Crippen LogP contribution in [0.15, 0.2) is 91.1 Å². The third-order valence-electron chi connectivity index (χ3n) is 6.87. The summed E-state index contributed by atoms with van der Waals surface area (Å²) in [5.41, 5.74) is 7.36. The van der Waals surface area contributed by atoms with Crippen molar-refractivity contribution in [1.82, 2.24) is 19.7 Å². The Balaban J connectivity index is 1.59. The summed E-state index contributed by atoms with van der Waals surface area (Å²) in [5.74, 6) is -0.922. The Kier molecular flexibility index (Phi) is 5.87. The summed E-state index contributed by atoms with van der Waals surface area (Å²) in [7, 11) is 0. The topological polar surface area (TPSA) is 71.2 Å². The van der Waals surface area contributed by atoms with Crippen molar-refractivity contribution < 1.29 is 9.90 Å². The van der Waals surface area contributed by atoms with Gasteiger partial charge in [-0.2, -0.15) is 5.10 Å². The van der Waals surface area contributed by atoms with Gasteiger partial charge in [-0.1, -0.05) is 73.7 Å². The lowest BCUT2D eigenvalue weighted by molar-refractivity contribution is 0.0696. The molecule has 5 aromatic rings. The minimum absolute atomic E-state index is 0.341. The fourth-order valence-corrected chi connectivity index (χ4v) is 5.06. The summed E-state index contributed by atoms with van der Waals surface area (Å²) in [6.07, 6.45) is 4.16. The number of aromatic nitrogens is 3. The Morgan fingerprint density at radius 2 is 1.62 bits per heavy atom. The van der Waals surface area contributed by atoms with E-state index in [1.165, 1.54) is 0 Å². The van der Waals surface area contributed by atoms with Gasteiger partial charge < -0.3 is 5.11 Å². The Bertz CT molecular complexity index is 1640. The van der Waals surface area contributed by atoms with Crippen LogP contribution in [-0.2, 0) is 6.54 Å². The van der Waals surface area contributed by atoms with Gasteiger partial charge in [-0.3, -0.25) is 4.90 Å². The molecule has 0 unspecified atom stereocenters. The summed E-state index contributed by atoms with van der Waals surface area (Å²) >= 11 is 0. The fraction of sp³-hybridized carbons (Fsp3) is 0.129. The zero-order valence-electron chi connectivity index (χ0n) is 20.5. The van der Waals surface area contributed by atoms with Crippen LogP contribution in [0.2, 0.25) is 0 Å². The van der Waals surface area contributed by atoms with Crippen LogP contribution in [0.1, 0.15) is 34.1 Å². The van der Waals surface area contributed by atoms with Crippen LogP contribution in [0.25, 0.3) is 39.5 Å². The van der Waals surface area contributed by atoms with Gasteiger partial charge in [-0.05, 0) is 36.4 Å². The molecule has 0 atom stereocenters. The van der Waals surface area contributed by atoms with Crippen LogP contribution in [0.3, 0.4) is 0 Å². The molecule has 6 rings (SSSR count). The lowest BCUT2D eigenvalue weighted by atomic mass is 9.92. The number of aromatic carboxylic acids is 1. The van der Waals surface area contributed by atoms with Gasteiger partial charge >= 0.3 is 5.97 Å². The zero-order valence-corrected chi connectivity index (χ0v) is 20.5. The molecule has 0 bridgehead atoms. The molecule has 2 aromatic heterocycles. The number of nitrogens with zero attached hydrogens (tertiary/aromatic N) is 4. The maximum Gasteiger partial charge on any atom is 0.336 e. The van der Waals surface area contributed by atoms with Crippen LogP contribution >= 0.6 is 0 Å². The van der Waals surface area contributed by atoms with Crippen molar-refractivity contribution in [2.75, 3.05) is 13.1 Å². The average molecular weight is 487 g/mol. The van der Waals surface area contributed by atoms with Crippen molar-refractivity contribution in [3.8, 4) is 16.9 Å². The first kappa shape index (κ1) is 22.9. The van der Waals surface area contributed by atoms with E-state index in [4.69, 9.17) is 10.1 Å². The maximum absolute atomic E-state index is 12.5. The molecular weight excluding hydrogens is 460 g/mol. The quantitative estimate of drug-likeness (QED) is 0.322. The van der Waals surface area contributed by atoms with E-state index >= 15 is 0 Å². The fourth-order valence-electron chi connectivity index (χ4n) is 5.06. The van der Waals surface area contributed by atoms with Gasteiger partial charge in [-0.15, -0.1) is 0 Å². The maximum atomic E-state index is 12.5. The molecule has 0 fully saturated rings. The molecule has 3 aromatic carbocycles. The van der Waals surface area contributed by atoms with Crippen molar-refractivity contribution >= 4 is 28.5 Å². The Morgan fingerprint density at radius 1 is 0.919 bits per heavy atom. The Labute approximate surface area is 215 Å². The number of carboxylic acids is 1. The van der Waals surface area contributed by atoms with Crippen molar-refractivity contribution in [2.45, 2.75) is 13.5 Å². The van der Waals surface area contributed by atoms with Gasteiger partial charge in [0.05, 0.1) is 28.2 Å². The van der Waals surface area contributed by atoms with Crippen LogP contribution < -0.4 is 0 Å². The van der Waals surface area contributed by atoms with E-state index in [1.54, 1.807) is 0 Å². The molecule has 37 heavy (non-hydrogen) atoms. The van der Waals surface area contributed by atoms with Crippen molar-refractivity contribution in [1.29, 1.82) is 0 Å². The molecule has 0 radical (unpaired) electrons. The van der Waals surface area contributed by atoms with Crippen LogP contribution in [0.5, 0.6) is 0 Å². The summed E-state index contributed by atoms with van der Waals surface area (Å²) in [4.78, 5) is 19.7. The third-order valence-corrected chi connectivity index (χ3v) is 6.87. The number of rotatable bonds is 5. The number of hydrogen-bond acceptors (Lipinski definition) is 4. The number of hydrogen-bond donors (Lipinski definition) is 1. The van der Waals surface area contributed by atoms with E-state index in [1.807, 2.05) is 83.7 Å². The minimum Gasteiger partial charge on any atom is -0.478 e. The summed E-state index contributed by atoms with van der Waals surface area (Å²) in [5, 5.41) is 15.8. The first-order valence-corrected chi connectivity index (χ1v) is 12.4. The summed E-state index contributed by atoms with van der Waals surface area (Å²) in [6, 6.07) is 27.7. The normalized spacial score (nSPS) is 14.7. The Hall–Kier alpha value is -4.55. The van der Waals surface area contributed by atoms with E-state index in [-0.39, 0.29) is 0 Å². The predicted octanol–water partition coefficient (Wildman–Crippen LogP) is 6.16. The smallest absolute Gasteiger partial charge is 0.336 e. The SMILES string of the molecule is CCN1C/C(=C/c2cn(-c3ccccc3)nc2-c2ccccc2)c2nc3ccccc3c(C(=O)O)c2C1. The number of carbonyl (C=O) groups is 1. The first-order chi connectivity index (χ1) is 18.1. The lowest BCUT2D eigenvalue weighted by Crippen LogP contribution is -2.31. The number of benzene rings is 3. The molecule has 1 aliphatic heterocycles. The summed E-state index contributed by atoms with van der Waals surface area (Å²) < 4.78 is 1.90. The second-order valence-electron chi connectivity index (χ2n) is 9.19. The van der Waals surface area contributed by atoms with Crippen LogP contribution in [0.4, 0.5) is 0 Å². The molecule has 182 valence electrons. The molecule has 1 aliphatic rings. The monoisotopic (exact) mass is 486 g/mol. The van der Waals surface area contributed by atoms with Crippen LogP contribution in [0, 0.1) is 0 Å². The highest BCUT2D eigenvalue weighted by molar-refractivity contribution is 6.06. The molecule has 6 heteroatoms. The lowest BCUT2D eigenvalue weighted by Gasteiger charge is -2.30. The molecule has 1 N–H and O–H groups in total. The molecular formula is C31H26N4O2. The number of fused-ring (bicyclic) bond motifs is 2.